The summed E-state index contributed by atoms with van der Waals surface area (Å²) in [6.45, 7) is 3.17. The summed E-state index contributed by atoms with van der Waals surface area (Å²) in [6.07, 6.45) is 4.08. The molecule has 0 saturated carbocycles. The fraction of sp³-hybridized carbons (Fsp3) is 0.273. The molecule has 1 aliphatic heterocycles. The normalized spacial score (nSPS) is 16.7. The minimum atomic E-state index is -0.221. The van der Waals surface area contributed by atoms with Crippen LogP contribution in [0.25, 0.3) is 6.08 Å². The van der Waals surface area contributed by atoms with Gasteiger partial charge in [-0.15, -0.1) is 0 Å². The molecule has 2 aromatic rings. The molecule has 0 spiro atoms. The van der Waals surface area contributed by atoms with Crippen LogP contribution in [0, 0.1) is 6.92 Å². The molecule has 1 atom stereocenters. The molecule has 1 saturated heterocycles. The van der Waals surface area contributed by atoms with Gasteiger partial charge in [-0.05, 0) is 42.7 Å². The Morgan fingerprint density at radius 1 is 1.19 bits per heavy atom. The van der Waals surface area contributed by atoms with Gasteiger partial charge in [-0.2, -0.15) is 0 Å². The van der Waals surface area contributed by atoms with Gasteiger partial charge < -0.3 is 10.6 Å². The summed E-state index contributed by atoms with van der Waals surface area (Å²) in [6, 6.07) is 17.3. The highest BCUT2D eigenvalue weighted by Gasteiger charge is 2.26. The fourth-order valence-corrected chi connectivity index (χ4v) is 3.16. The zero-order chi connectivity index (χ0) is 19.2. The van der Waals surface area contributed by atoms with Crippen LogP contribution in [0.4, 0.5) is 5.69 Å². The first-order valence-electron chi connectivity index (χ1n) is 9.17. The summed E-state index contributed by atoms with van der Waals surface area (Å²) in [7, 11) is 0. The largest absolute Gasteiger partial charge is 0.340 e. The van der Waals surface area contributed by atoms with Crippen LogP contribution >= 0.6 is 0 Å². The molecule has 2 aromatic carbocycles. The van der Waals surface area contributed by atoms with Gasteiger partial charge >= 0.3 is 0 Å². The van der Waals surface area contributed by atoms with E-state index in [2.05, 4.69) is 0 Å². The number of anilines is 1. The van der Waals surface area contributed by atoms with E-state index in [1.807, 2.05) is 61.5 Å². The van der Waals surface area contributed by atoms with Gasteiger partial charge in [0.15, 0.2) is 0 Å². The van der Waals surface area contributed by atoms with Gasteiger partial charge in [0.2, 0.25) is 5.91 Å². The number of benzene rings is 2. The average molecular weight is 363 g/mol. The standard InChI is InChI=1S/C22H25N3O2/c1-17-6-5-9-20(14-17)25(16-22(27)24-13-12-19(23)15-24)21(26)11-10-18-7-3-2-4-8-18/h2-11,14,19H,12-13,15-16,23H2,1H3/b11-10+. The van der Waals surface area contributed by atoms with Crippen molar-refractivity contribution in [1.29, 1.82) is 0 Å². The molecule has 1 heterocycles. The number of nitrogens with zero attached hydrogens (tertiary/aromatic N) is 2. The SMILES string of the molecule is Cc1cccc(N(CC(=O)N2CCC(N)C2)C(=O)/C=C/c2ccccc2)c1. The zero-order valence-electron chi connectivity index (χ0n) is 15.5. The van der Waals surface area contributed by atoms with E-state index in [1.54, 1.807) is 11.0 Å². The highest BCUT2D eigenvalue weighted by molar-refractivity contribution is 6.06. The molecule has 5 heteroatoms. The second kappa shape index (κ2) is 8.64. The molecule has 2 amide bonds. The van der Waals surface area contributed by atoms with Gasteiger partial charge in [-0.25, -0.2) is 0 Å². The Morgan fingerprint density at radius 2 is 1.96 bits per heavy atom. The van der Waals surface area contributed by atoms with Crippen LogP contribution in [0.3, 0.4) is 0 Å². The second-order valence-corrected chi connectivity index (χ2v) is 6.90. The molecule has 0 aromatic heterocycles. The van der Waals surface area contributed by atoms with Crippen molar-refractivity contribution in [3.8, 4) is 0 Å². The number of nitrogens with two attached hydrogens (primary N) is 1. The van der Waals surface area contributed by atoms with E-state index in [0.29, 0.717) is 13.1 Å². The first-order chi connectivity index (χ1) is 13.0. The topological polar surface area (TPSA) is 66.6 Å². The van der Waals surface area contributed by atoms with Crippen LogP contribution in [-0.4, -0.2) is 42.4 Å². The van der Waals surface area contributed by atoms with Crippen molar-refractivity contribution in [2.24, 2.45) is 5.73 Å². The van der Waals surface area contributed by atoms with Crippen molar-refractivity contribution in [1.82, 2.24) is 4.90 Å². The van der Waals surface area contributed by atoms with E-state index in [0.717, 1.165) is 23.2 Å². The predicted molar refractivity (Wildman–Crippen MR) is 108 cm³/mol. The maximum atomic E-state index is 12.9. The highest BCUT2D eigenvalue weighted by Crippen LogP contribution is 2.18. The number of likely N-dealkylation sites (tertiary alicyclic amines) is 1. The number of amides is 2. The van der Waals surface area contributed by atoms with Crippen LogP contribution in [-0.2, 0) is 9.59 Å². The van der Waals surface area contributed by atoms with Crippen LogP contribution < -0.4 is 10.6 Å². The lowest BCUT2D eigenvalue weighted by Crippen LogP contribution is -2.42. The van der Waals surface area contributed by atoms with E-state index in [1.165, 1.54) is 11.0 Å². The van der Waals surface area contributed by atoms with Gasteiger partial charge in [-0.1, -0.05) is 42.5 Å². The molecule has 3 rings (SSSR count). The van der Waals surface area contributed by atoms with Crippen LogP contribution in [0.15, 0.2) is 60.7 Å². The third-order valence-electron chi connectivity index (χ3n) is 4.67. The smallest absolute Gasteiger partial charge is 0.251 e. The number of carbonyl (C=O) groups excluding carboxylic acids is 2. The van der Waals surface area contributed by atoms with E-state index in [-0.39, 0.29) is 24.4 Å². The molecular formula is C22H25N3O2. The Labute approximate surface area is 160 Å². The molecule has 5 nitrogen and oxygen atoms in total. The molecule has 140 valence electrons. The molecule has 27 heavy (non-hydrogen) atoms. The number of hydrogen-bond acceptors (Lipinski definition) is 3. The predicted octanol–water partition coefficient (Wildman–Crippen LogP) is 2.60. The summed E-state index contributed by atoms with van der Waals surface area (Å²) in [5.41, 5.74) is 8.60. The maximum Gasteiger partial charge on any atom is 0.251 e. The monoisotopic (exact) mass is 363 g/mol. The Balaban J connectivity index is 1.80. The number of aryl methyl sites for hydroxylation is 1. The van der Waals surface area contributed by atoms with Gasteiger partial charge in [-0.3, -0.25) is 14.5 Å². The van der Waals surface area contributed by atoms with Crippen molar-refractivity contribution < 1.29 is 9.59 Å². The van der Waals surface area contributed by atoms with Crippen LogP contribution in [0.5, 0.6) is 0 Å². The average Bonchev–Trinajstić information content (AvgIpc) is 3.11. The fourth-order valence-electron chi connectivity index (χ4n) is 3.16. The van der Waals surface area contributed by atoms with Crippen molar-refractivity contribution in [2.45, 2.75) is 19.4 Å². The second-order valence-electron chi connectivity index (χ2n) is 6.90. The third-order valence-corrected chi connectivity index (χ3v) is 4.67. The summed E-state index contributed by atoms with van der Waals surface area (Å²) >= 11 is 0. The van der Waals surface area contributed by atoms with Gasteiger partial charge in [0.1, 0.15) is 6.54 Å². The van der Waals surface area contributed by atoms with Crippen molar-refractivity contribution in [3.63, 3.8) is 0 Å². The zero-order valence-corrected chi connectivity index (χ0v) is 15.5. The molecule has 1 fully saturated rings. The Hall–Kier alpha value is -2.92. The molecule has 0 aliphatic carbocycles. The van der Waals surface area contributed by atoms with Crippen molar-refractivity contribution in [2.75, 3.05) is 24.5 Å². The lowest BCUT2D eigenvalue weighted by molar-refractivity contribution is -0.130. The van der Waals surface area contributed by atoms with E-state index in [9.17, 15) is 9.59 Å². The van der Waals surface area contributed by atoms with Crippen LogP contribution in [0.2, 0.25) is 0 Å². The van der Waals surface area contributed by atoms with E-state index < -0.39 is 0 Å². The van der Waals surface area contributed by atoms with Crippen LogP contribution in [0.1, 0.15) is 17.5 Å². The lowest BCUT2D eigenvalue weighted by Gasteiger charge is -2.24. The summed E-state index contributed by atoms with van der Waals surface area (Å²) in [4.78, 5) is 28.8. The quantitative estimate of drug-likeness (QED) is 0.831. The van der Waals surface area contributed by atoms with Gasteiger partial charge in [0.25, 0.3) is 5.91 Å². The number of carbonyl (C=O) groups is 2. The summed E-state index contributed by atoms with van der Waals surface area (Å²) < 4.78 is 0. The van der Waals surface area contributed by atoms with Gasteiger partial charge in [0.05, 0.1) is 0 Å². The highest BCUT2D eigenvalue weighted by atomic mass is 16.2. The number of rotatable bonds is 5. The Morgan fingerprint density at radius 3 is 2.63 bits per heavy atom. The van der Waals surface area contributed by atoms with E-state index >= 15 is 0 Å². The summed E-state index contributed by atoms with van der Waals surface area (Å²) in [5.74, 6) is -0.299. The molecule has 0 radical (unpaired) electrons. The molecule has 0 bridgehead atoms. The molecule has 1 aliphatic rings. The minimum Gasteiger partial charge on any atom is -0.340 e. The lowest BCUT2D eigenvalue weighted by atomic mass is 10.2. The first kappa shape index (κ1) is 18.9. The Kier molecular flexibility index (Phi) is 6.04. The first-order valence-corrected chi connectivity index (χ1v) is 9.17. The molecule has 2 N–H and O–H groups in total. The molecule has 1 unspecified atom stereocenters. The maximum absolute atomic E-state index is 12.9. The van der Waals surface area contributed by atoms with Crippen molar-refractivity contribution >= 4 is 23.6 Å². The van der Waals surface area contributed by atoms with E-state index in [4.69, 9.17) is 5.73 Å². The number of hydrogen-bond donors (Lipinski definition) is 1. The van der Waals surface area contributed by atoms with Crippen molar-refractivity contribution in [3.05, 3.63) is 71.8 Å². The Bertz CT molecular complexity index is 832. The minimum absolute atomic E-state index is 0.00807. The third kappa shape index (κ3) is 5.05. The molecular weight excluding hydrogens is 338 g/mol. The van der Waals surface area contributed by atoms with Gasteiger partial charge in [0, 0.05) is 30.9 Å². The summed E-state index contributed by atoms with van der Waals surface area (Å²) in [5, 5.41) is 0.